The minimum absolute atomic E-state index is 0.0253. The van der Waals surface area contributed by atoms with E-state index in [0.29, 0.717) is 5.69 Å². The summed E-state index contributed by atoms with van der Waals surface area (Å²) in [6.07, 6.45) is 1.22. The molecule has 0 aliphatic carbocycles. The maximum atomic E-state index is 14.1. The van der Waals surface area contributed by atoms with Gasteiger partial charge in [0.1, 0.15) is 17.6 Å². The van der Waals surface area contributed by atoms with E-state index >= 15 is 0 Å². The first-order chi connectivity index (χ1) is 11.7. The zero-order chi connectivity index (χ0) is 18.4. The molecule has 130 valence electrons. The van der Waals surface area contributed by atoms with E-state index in [9.17, 15) is 13.6 Å². The molecule has 8 heteroatoms. The van der Waals surface area contributed by atoms with Crippen molar-refractivity contribution < 1.29 is 13.5 Å². The molecule has 0 atom stereocenters. The van der Waals surface area contributed by atoms with Crippen molar-refractivity contribution in [2.24, 2.45) is 0 Å². The van der Waals surface area contributed by atoms with E-state index in [2.05, 4.69) is 20.9 Å². The fraction of sp³-hybridized carbons (Fsp3) is 0.176. The van der Waals surface area contributed by atoms with Gasteiger partial charge in [-0.05, 0) is 46.3 Å². The van der Waals surface area contributed by atoms with Gasteiger partial charge in [0, 0.05) is 13.8 Å². The summed E-state index contributed by atoms with van der Waals surface area (Å²) in [4.78, 5) is 16.6. The van der Waals surface area contributed by atoms with Crippen molar-refractivity contribution in [3.8, 4) is 11.4 Å². The summed E-state index contributed by atoms with van der Waals surface area (Å²) in [7, 11) is 0. The molecule has 0 radical (unpaired) electrons. The van der Waals surface area contributed by atoms with Crippen molar-refractivity contribution in [2.75, 3.05) is 5.73 Å². The molecule has 0 unspecified atom stereocenters. The number of nitrogens with two attached hydrogens (primary N) is 1. The summed E-state index contributed by atoms with van der Waals surface area (Å²) in [5.74, 6) is -2.33. The number of nitrogens with zero attached hydrogens (tertiary/aromatic N) is 2. The molecule has 1 aromatic heterocycles. The summed E-state index contributed by atoms with van der Waals surface area (Å²) in [6, 6.07) is 7.40. The van der Waals surface area contributed by atoms with Crippen LogP contribution in [-0.4, -0.2) is 15.4 Å². The van der Waals surface area contributed by atoms with Crippen molar-refractivity contribution in [3.63, 3.8) is 0 Å². The predicted octanol–water partition coefficient (Wildman–Crippen LogP) is 3.95. The van der Waals surface area contributed by atoms with E-state index < -0.39 is 17.2 Å². The number of hydrogen-bond donors (Lipinski definition) is 1. The van der Waals surface area contributed by atoms with Crippen molar-refractivity contribution in [2.45, 2.75) is 19.7 Å². The lowest BCUT2D eigenvalue weighted by Crippen LogP contribution is -2.22. The number of rotatable bonds is 3. The molecule has 0 saturated heterocycles. The lowest BCUT2D eigenvalue weighted by Gasteiger charge is -2.19. The molecular formula is C17H14BrF2N3O2. The molecule has 0 aliphatic heterocycles. The number of hydrogen-bond acceptors (Lipinski definition) is 4. The third-order valence-electron chi connectivity index (χ3n) is 3.44. The molecule has 1 heterocycles. The Morgan fingerprint density at radius 1 is 1.28 bits per heavy atom. The molecule has 0 saturated carbocycles. The van der Waals surface area contributed by atoms with E-state index in [1.165, 1.54) is 49.0 Å². The van der Waals surface area contributed by atoms with Crippen LogP contribution in [0.25, 0.3) is 16.6 Å². The molecule has 0 spiro atoms. The fourth-order valence-electron chi connectivity index (χ4n) is 2.36. The predicted molar refractivity (Wildman–Crippen MR) is 95.2 cm³/mol. The molecule has 0 bridgehead atoms. The summed E-state index contributed by atoms with van der Waals surface area (Å²) in [6.45, 7) is 2.51. The largest absolute Gasteiger partial charge is 0.456 e. The van der Waals surface area contributed by atoms with Crippen LogP contribution in [-0.2, 0) is 0 Å². The minimum atomic E-state index is -1.89. The van der Waals surface area contributed by atoms with Gasteiger partial charge in [0.15, 0.2) is 5.82 Å². The molecule has 25 heavy (non-hydrogen) atoms. The maximum absolute atomic E-state index is 14.1. The Balaban J connectivity index is 2.11. The Morgan fingerprint density at radius 2 is 2.00 bits per heavy atom. The van der Waals surface area contributed by atoms with Gasteiger partial charge < -0.3 is 10.5 Å². The topological polar surface area (TPSA) is 70.1 Å². The third kappa shape index (κ3) is 3.34. The number of nitrogen functional groups attached to an aromatic ring is 1. The van der Waals surface area contributed by atoms with Gasteiger partial charge in [-0.25, -0.2) is 9.37 Å². The quantitative estimate of drug-likeness (QED) is 0.664. The molecule has 3 aromatic rings. The summed E-state index contributed by atoms with van der Waals surface area (Å²) < 4.78 is 34.2. The highest BCUT2D eigenvalue weighted by Gasteiger charge is 2.19. The Morgan fingerprint density at radius 3 is 2.64 bits per heavy atom. The van der Waals surface area contributed by atoms with Gasteiger partial charge in [0.25, 0.3) is 5.56 Å². The van der Waals surface area contributed by atoms with E-state index in [0.717, 1.165) is 0 Å². The van der Waals surface area contributed by atoms with Gasteiger partial charge in [0.2, 0.25) is 5.85 Å². The Labute approximate surface area is 150 Å². The van der Waals surface area contributed by atoms with Crippen molar-refractivity contribution >= 4 is 32.5 Å². The Bertz CT molecular complexity index is 1030. The van der Waals surface area contributed by atoms with Crippen molar-refractivity contribution in [3.05, 3.63) is 57.3 Å². The summed E-state index contributed by atoms with van der Waals surface area (Å²) in [5, 5.41) is 0.131. The number of anilines is 1. The average molecular weight is 410 g/mol. The molecule has 0 fully saturated rings. The van der Waals surface area contributed by atoms with Gasteiger partial charge >= 0.3 is 0 Å². The van der Waals surface area contributed by atoms with E-state index in [-0.39, 0.29) is 26.8 Å². The molecular weight excluding hydrogens is 396 g/mol. The molecule has 2 N–H and O–H groups in total. The van der Waals surface area contributed by atoms with Crippen LogP contribution >= 0.6 is 15.9 Å². The number of alkyl halides is 1. The SMILES string of the molecule is CC(C)(F)Oc1ccc(-n2cnc3c(F)c(Br)ccc3c2=O)cc1N. The van der Waals surface area contributed by atoms with Gasteiger partial charge in [-0.15, -0.1) is 0 Å². The number of aromatic nitrogens is 2. The first-order valence-corrected chi connectivity index (χ1v) is 8.10. The van der Waals surface area contributed by atoms with E-state index in [1.807, 2.05) is 0 Å². The normalized spacial score (nSPS) is 11.7. The van der Waals surface area contributed by atoms with Gasteiger partial charge in [0.05, 0.1) is 21.2 Å². The highest BCUT2D eigenvalue weighted by Crippen LogP contribution is 2.28. The van der Waals surface area contributed by atoms with Crippen LogP contribution in [0.3, 0.4) is 0 Å². The zero-order valence-corrected chi connectivity index (χ0v) is 15.0. The van der Waals surface area contributed by atoms with Crippen LogP contribution in [0.1, 0.15) is 13.8 Å². The molecule has 2 aromatic carbocycles. The highest BCUT2D eigenvalue weighted by atomic mass is 79.9. The second-order valence-corrected chi connectivity index (χ2v) is 6.72. The molecule has 0 amide bonds. The highest BCUT2D eigenvalue weighted by molar-refractivity contribution is 9.10. The fourth-order valence-corrected chi connectivity index (χ4v) is 2.68. The zero-order valence-electron chi connectivity index (χ0n) is 13.4. The number of ether oxygens (including phenoxy) is 1. The Kier molecular flexibility index (Phi) is 4.24. The summed E-state index contributed by atoms with van der Waals surface area (Å²) in [5.41, 5.74) is 5.98. The van der Waals surface area contributed by atoms with Crippen LogP contribution < -0.4 is 16.0 Å². The average Bonchev–Trinajstić information content (AvgIpc) is 2.52. The number of halogens is 3. The van der Waals surface area contributed by atoms with Crippen LogP contribution in [0.2, 0.25) is 0 Å². The summed E-state index contributed by atoms with van der Waals surface area (Å²) >= 11 is 3.06. The Hall–Kier alpha value is -2.48. The monoisotopic (exact) mass is 409 g/mol. The minimum Gasteiger partial charge on any atom is -0.456 e. The smallest absolute Gasteiger partial charge is 0.265 e. The van der Waals surface area contributed by atoms with E-state index in [4.69, 9.17) is 10.5 Å². The lowest BCUT2D eigenvalue weighted by molar-refractivity contribution is -0.0250. The maximum Gasteiger partial charge on any atom is 0.265 e. The van der Waals surface area contributed by atoms with Gasteiger partial charge in [-0.1, -0.05) is 0 Å². The van der Waals surface area contributed by atoms with E-state index in [1.54, 1.807) is 6.07 Å². The number of benzene rings is 2. The second kappa shape index (κ2) is 6.11. The van der Waals surface area contributed by atoms with Crippen LogP contribution in [0, 0.1) is 5.82 Å². The lowest BCUT2D eigenvalue weighted by atomic mass is 10.2. The molecule has 5 nitrogen and oxygen atoms in total. The van der Waals surface area contributed by atoms with Crippen molar-refractivity contribution in [1.82, 2.24) is 9.55 Å². The first-order valence-electron chi connectivity index (χ1n) is 7.30. The molecule has 0 aliphatic rings. The number of fused-ring (bicyclic) bond motifs is 1. The molecule has 3 rings (SSSR count). The first kappa shape index (κ1) is 17.3. The van der Waals surface area contributed by atoms with Crippen LogP contribution in [0.4, 0.5) is 14.5 Å². The second-order valence-electron chi connectivity index (χ2n) is 5.86. The third-order valence-corrected chi connectivity index (χ3v) is 4.06. The van der Waals surface area contributed by atoms with Gasteiger partial charge in [-0.3, -0.25) is 9.36 Å². The van der Waals surface area contributed by atoms with Gasteiger partial charge in [-0.2, -0.15) is 4.39 Å². The van der Waals surface area contributed by atoms with Crippen molar-refractivity contribution in [1.29, 1.82) is 0 Å². The van der Waals surface area contributed by atoms with Crippen LogP contribution in [0.5, 0.6) is 5.75 Å². The standard InChI is InChI=1S/C17H14BrF2N3O2/c1-17(2,20)25-13-6-3-9(7-12(13)21)23-8-22-15-10(16(23)24)4-5-11(18)14(15)19/h3-8H,21H2,1-2H3. The van der Waals surface area contributed by atoms with Crippen LogP contribution in [0.15, 0.2) is 45.9 Å².